The van der Waals surface area contributed by atoms with Crippen molar-refractivity contribution in [2.75, 3.05) is 13.1 Å². The molecule has 3 heteroatoms. The van der Waals surface area contributed by atoms with Gasteiger partial charge in [-0.05, 0) is 57.5 Å². The van der Waals surface area contributed by atoms with Crippen molar-refractivity contribution in [1.29, 1.82) is 0 Å². The molecule has 1 aliphatic rings. The third kappa shape index (κ3) is 2.50. The van der Waals surface area contributed by atoms with Gasteiger partial charge in [-0.15, -0.1) is 0 Å². The van der Waals surface area contributed by atoms with Crippen LogP contribution in [0.3, 0.4) is 0 Å². The first-order valence-electron chi connectivity index (χ1n) is 6.31. The Morgan fingerprint density at radius 2 is 1.76 bits per heavy atom. The molecule has 2 atom stereocenters. The number of nitrogens with zero attached hydrogens (tertiary/aromatic N) is 1. The van der Waals surface area contributed by atoms with Gasteiger partial charge in [0.15, 0.2) is 0 Å². The molecule has 1 aliphatic heterocycles. The van der Waals surface area contributed by atoms with Crippen LogP contribution in [0.25, 0.3) is 0 Å². The summed E-state index contributed by atoms with van der Waals surface area (Å²) in [5.74, 6) is -0.210. The standard InChI is InChI=1S/C14H21FN2/c1-11(17-9-3-4-10-17)14(2,16)12-5-7-13(15)8-6-12/h5-8,11H,3-4,9-10,16H2,1-2H3. The van der Waals surface area contributed by atoms with Gasteiger partial charge >= 0.3 is 0 Å². The van der Waals surface area contributed by atoms with Crippen molar-refractivity contribution in [2.24, 2.45) is 5.73 Å². The lowest BCUT2D eigenvalue weighted by atomic mass is 9.85. The molecule has 1 fully saturated rings. The van der Waals surface area contributed by atoms with E-state index in [2.05, 4.69) is 11.8 Å². The highest BCUT2D eigenvalue weighted by atomic mass is 19.1. The number of hydrogen-bond acceptors (Lipinski definition) is 2. The van der Waals surface area contributed by atoms with Crippen LogP contribution < -0.4 is 5.73 Å². The Labute approximate surface area is 103 Å². The molecule has 1 heterocycles. The molecule has 2 unspecified atom stereocenters. The third-order valence-corrected chi connectivity index (χ3v) is 4.02. The van der Waals surface area contributed by atoms with Crippen LogP contribution in [0.5, 0.6) is 0 Å². The number of halogens is 1. The zero-order chi connectivity index (χ0) is 12.5. The first-order valence-corrected chi connectivity index (χ1v) is 6.31. The fourth-order valence-corrected chi connectivity index (χ4v) is 2.56. The van der Waals surface area contributed by atoms with Crippen molar-refractivity contribution >= 4 is 0 Å². The minimum absolute atomic E-state index is 0.210. The topological polar surface area (TPSA) is 29.3 Å². The second kappa shape index (κ2) is 4.75. The fraction of sp³-hybridized carbons (Fsp3) is 0.571. The molecule has 0 aromatic heterocycles. The van der Waals surface area contributed by atoms with Gasteiger partial charge in [0.25, 0.3) is 0 Å². The largest absolute Gasteiger partial charge is 0.320 e. The molecule has 1 aromatic rings. The van der Waals surface area contributed by atoms with E-state index in [-0.39, 0.29) is 11.9 Å². The summed E-state index contributed by atoms with van der Waals surface area (Å²) in [6, 6.07) is 6.83. The number of rotatable bonds is 3. The van der Waals surface area contributed by atoms with Gasteiger partial charge in [-0.25, -0.2) is 4.39 Å². The van der Waals surface area contributed by atoms with E-state index in [0.29, 0.717) is 0 Å². The monoisotopic (exact) mass is 236 g/mol. The molecule has 0 aliphatic carbocycles. The quantitative estimate of drug-likeness (QED) is 0.873. The fourth-order valence-electron chi connectivity index (χ4n) is 2.56. The van der Waals surface area contributed by atoms with Crippen molar-refractivity contribution in [3.05, 3.63) is 35.6 Å². The van der Waals surface area contributed by atoms with E-state index in [1.807, 2.05) is 6.92 Å². The van der Waals surface area contributed by atoms with Crippen LogP contribution in [0.1, 0.15) is 32.3 Å². The second-order valence-electron chi connectivity index (χ2n) is 5.21. The van der Waals surface area contributed by atoms with E-state index >= 15 is 0 Å². The van der Waals surface area contributed by atoms with Crippen molar-refractivity contribution in [2.45, 2.75) is 38.3 Å². The molecular formula is C14H21FN2. The van der Waals surface area contributed by atoms with Gasteiger partial charge in [-0.2, -0.15) is 0 Å². The summed E-state index contributed by atoms with van der Waals surface area (Å²) in [6.07, 6.45) is 2.51. The maximum absolute atomic E-state index is 12.9. The zero-order valence-electron chi connectivity index (χ0n) is 10.6. The van der Waals surface area contributed by atoms with E-state index in [1.165, 1.54) is 25.0 Å². The Hall–Kier alpha value is -0.930. The number of nitrogens with two attached hydrogens (primary N) is 1. The minimum atomic E-state index is -0.432. The maximum atomic E-state index is 12.9. The minimum Gasteiger partial charge on any atom is -0.320 e. The SMILES string of the molecule is CC(N1CCCC1)C(C)(N)c1ccc(F)cc1. The van der Waals surface area contributed by atoms with E-state index in [4.69, 9.17) is 5.73 Å². The van der Waals surface area contributed by atoms with Crippen LogP contribution in [0.4, 0.5) is 4.39 Å². The molecule has 0 amide bonds. The summed E-state index contributed by atoms with van der Waals surface area (Å²) >= 11 is 0. The Kier molecular flexibility index (Phi) is 3.50. The Bertz CT molecular complexity index is 366. The summed E-state index contributed by atoms with van der Waals surface area (Å²) in [6.45, 7) is 6.43. The maximum Gasteiger partial charge on any atom is 0.123 e. The van der Waals surface area contributed by atoms with Crippen molar-refractivity contribution in [1.82, 2.24) is 4.90 Å². The molecule has 0 saturated carbocycles. The third-order valence-electron chi connectivity index (χ3n) is 4.02. The molecule has 1 saturated heterocycles. The molecule has 0 bridgehead atoms. The van der Waals surface area contributed by atoms with Crippen LogP contribution in [0.15, 0.2) is 24.3 Å². The second-order valence-corrected chi connectivity index (χ2v) is 5.21. The average molecular weight is 236 g/mol. The van der Waals surface area contributed by atoms with Gasteiger partial charge < -0.3 is 5.73 Å². The highest BCUT2D eigenvalue weighted by molar-refractivity contribution is 5.25. The van der Waals surface area contributed by atoms with Crippen molar-refractivity contribution in [3.63, 3.8) is 0 Å². The van der Waals surface area contributed by atoms with Crippen LogP contribution in [0, 0.1) is 5.82 Å². The lowest BCUT2D eigenvalue weighted by Crippen LogP contribution is -2.52. The zero-order valence-corrected chi connectivity index (χ0v) is 10.6. The molecule has 2 N–H and O–H groups in total. The summed E-state index contributed by atoms with van der Waals surface area (Å²) in [5.41, 5.74) is 7.01. The van der Waals surface area contributed by atoms with Crippen LogP contribution >= 0.6 is 0 Å². The average Bonchev–Trinajstić information content (AvgIpc) is 2.82. The smallest absolute Gasteiger partial charge is 0.123 e. The first kappa shape index (κ1) is 12.5. The predicted molar refractivity (Wildman–Crippen MR) is 68.2 cm³/mol. The summed E-state index contributed by atoms with van der Waals surface area (Å²) < 4.78 is 12.9. The van der Waals surface area contributed by atoms with E-state index < -0.39 is 5.54 Å². The van der Waals surface area contributed by atoms with E-state index in [1.54, 1.807) is 12.1 Å². The molecular weight excluding hydrogens is 215 g/mol. The molecule has 1 aromatic carbocycles. The molecule has 94 valence electrons. The number of hydrogen-bond donors (Lipinski definition) is 1. The van der Waals surface area contributed by atoms with E-state index in [0.717, 1.165) is 18.7 Å². The normalized spacial score (nSPS) is 22.4. The van der Waals surface area contributed by atoms with Gasteiger partial charge in [0.1, 0.15) is 5.82 Å². The van der Waals surface area contributed by atoms with Gasteiger partial charge in [0.2, 0.25) is 0 Å². The van der Waals surface area contributed by atoms with Crippen LogP contribution in [-0.4, -0.2) is 24.0 Å². The Morgan fingerprint density at radius 1 is 1.24 bits per heavy atom. The van der Waals surface area contributed by atoms with Crippen molar-refractivity contribution < 1.29 is 4.39 Å². The first-order chi connectivity index (χ1) is 8.01. The molecule has 2 nitrogen and oxygen atoms in total. The lowest BCUT2D eigenvalue weighted by molar-refractivity contribution is 0.172. The molecule has 0 radical (unpaired) electrons. The predicted octanol–water partition coefficient (Wildman–Crippen LogP) is 2.48. The molecule has 2 rings (SSSR count). The summed E-state index contributed by atoms with van der Waals surface area (Å²) in [4.78, 5) is 2.42. The van der Waals surface area contributed by atoms with Gasteiger partial charge in [0, 0.05) is 6.04 Å². The van der Waals surface area contributed by atoms with Gasteiger partial charge in [-0.1, -0.05) is 12.1 Å². The summed E-state index contributed by atoms with van der Waals surface area (Å²) in [7, 11) is 0. The number of likely N-dealkylation sites (tertiary alicyclic amines) is 1. The van der Waals surface area contributed by atoms with Crippen LogP contribution in [0.2, 0.25) is 0 Å². The highest BCUT2D eigenvalue weighted by Gasteiger charge is 2.33. The Morgan fingerprint density at radius 3 is 2.29 bits per heavy atom. The van der Waals surface area contributed by atoms with Gasteiger partial charge in [-0.3, -0.25) is 4.90 Å². The molecule has 0 spiro atoms. The van der Waals surface area contributed by atoms with Crippen molar-refractivity contribution in [3.8, 4) is 0 Å². The number of benzene rings is 1. The van der Waals surface area contributed by atoms with Gasteiger partial charge in [0.05, 0.1) is 5.54 Å². The highest BCUT2D eigenvalue weighted by Crippen LogP contribution is 2.27. The summed E-state index contributed by atoms with van der Waals surface area (Å²) in [5, 5.41) is 0. The van der Waals surface area contributed by atoms with E-state index in [9.17, 15) is 4.39 Å². The lowest BCUT2D eigenvalue weighted by Gasteiger charge is -2.38. The molecule has 17 heavy (non-hydrogen) atoms. The Balaban J connectivity index is 2.19. The van der Waals surface area contributed by atoms with Crippen LogP contribution in [-0.2, 0) is 5.54 Å².